The van der Waals surface area contributed by atoms with Gasteiger partial charge in [0.25, 0.3) is 10.0 Å². The number of urea groups is 1. The zero-order valence-corrected chi connectivity index (χ0v) is 20.4. The maximum absolute atomic E-state index is 15.2. The minimum Gasteiger partial charge on any atom is -0.331 e. The third-order valence-corrected chi connectivity index (χ3v) is 7.41. The van der Waals surface area contributed by atoms with Gasteiger partial charge in [0.2, 0.25) is 0 Å². The normalized spacial score (nSPS) is 15.1. The van der Waals surface area contributed by atoms with Crippen LogP contribution < -0.4 is 10.0 Å². The minimum absolute atomic E-state index is 0.192. The topological polar surface area (TPSA) is 111 Å². The van der Waals surface area contributed by atoms with E-state index in [0.29, 0.717) is 34.3 Å². The van der Waals surface area contributed by atoms with Gasteiger partial charge in [-0.1, -0.05) is 29.3 Å². The van der Waals surface area contributed by atoms with Crippen LogP contribution in [0.15, 0.2) is 47.5 Å². The van der Waals surface area contributed by atoms with E-state index in [1.54, 1.807) is 29.1 Å². The van der Waals surface area contributed by atoms with E-state index in [9.17, 15) is 13.2 Å². The van der Waals surface area contributed by atoms with Crippen molar-refractivity contribution in [1.82, 2.24) is 29.6 Å². The van der Waals surface area contributed by atoms with Gasteiger partial charge in [-0.05, 0) is 48.6 Å². The molecule has 2 heterocycles. The summed E-state index contributed by atoms with van der Waals surface area (Å²) in [6, 6.07) is 5.34. The molecule has 0 fully saturated rings. The van der Waals surface area contributed by atoms with Crippen LogP contribution in [0.3, 0.4) is 0 Å². The molecule has 2 amide bonds. The fourth-order valence-electron chi connectivity index (χ4n) is 3.83. The van der Waals surface area contributed by atoms with Crippen LogP contribution in [0.5, 0.6) is 0 Å². The lowest BCUT2D eigenvalue weighted by Gasteiger charge is -2.19. The Morgan fingerprint density at radius 2 is 2.00 bits per heavy atom. The van der Waals surface area contributed by atoms with E-state index in [2.05, 4.69) is 15.5 Å². The van der Waals surface area contributed by atoms with Gasteiger partial charge in [0.05, 0.1) is 31.2 Å². The third-order valence-electron chi connectivity index (χ3n) is 5.42. The number of hydrogen-bond acceptors (Lipinski definition) is 5. The molecular formula is C21H21Cl2FN6O3S. The molecule has 0 aliphatic heterocycles. The molecule has 34 heavy (non-hydrogen) atoms. The molecular weight excluding hydrogens is 506 g/mol. The molecule has 9 nitrogen and oxygen atoms in total. The fourth-order valence-corrected chi connectivity index (χ4v) is 5.35. The zero-order valence-electron chi connectivity index (χ0n) is 18.1. The van der Waals surface area contributed by atoms with Gasteiger partial charge >= 0.3 is 6.03 Å². The van der Waals surface area contributed by atoms with Crippen molar-refractivity contribution in [3.8, 4) is 0 Å². The number of carbonyl (C=O) groups excluding carboxylic acids is 1. The van der Waals surface area contributed by atoms with E-state index >= 15 is 4.39 Å². The number of benzene rings is 1. The summed E-state index contributed by atoms with van der Waals surface area (Å²) in [5.41, 5.74) is 2.73. The Morgan fingerprint density at radius 1 is 1.21 bits per heavy atom. The SMILES string of the molecule is Cn1nccc1S(=O)(=O)NC(=O)NCC(F)=C1CCCc2cnn(Cc3ccc(Cl)cc3Cl)c21. The third kappa shape index (κ3) is 5.11. The molecule has 180 valence electrons. The number of fused-ring (bicyclic) bond motifs is 1. The molecule has 2 N–H and O–H groups in total. The van der Waals surface area contributed by atoms with E-state index in [-0.39, 0.29) is 5.03 Å². The highest BCUT2D eigenvalue weighted by Gasteiger charge is 2.25. The zero-order chi connectivity index (χ0) is 24.5. The predicted octanol–water partition coefficient (Wildman–Crippen LogP) is 3.68. The summed E-state index contributed by atoms with van der Waals surface area (Å²) in [4.78, 5) is 12.2. The first-order valence-corrected chi connectivity index (χ1v) is 12.5. The van der Waals surface area contributed by atoms with Crippen molar-refractivity contribution in [2.45, 2.75) is 30.8 Å². The van der Waals surface area contributed by atoms with Crippen LogP contribution in [0.4, 0.5) is 9.18 Å². The number of halogens is 3. The van der Waals surface area contributed by atoms with Gasteiger partial charge in [-0.15, -0.1) is 0 Å². The largest absolute Gasteiger partial charge is 0.331 e. The first-order chi connectivity index (χ1) is 16.2. The second-order valence-corrected chi connectivity index (χ2v) is 10.2. The Labute approximate surface area is 205 Å². The van der Waals surface area contributed by atoms with Crippen molar-refractivity contribution in [1.29, 1.82) is 0 Å². The van der Waals surface area contributed by atoms with Gasteiger partial charge in [-0.3, -0.25) is 9.36 Å². The second kappa shape index (κ2) is 9.77. The van der Waals surface area contributed by atoms with Gasteiger partial charge in [0.15, 0.2) is 5.03 Å². The van der Waals surface area contributed by atoms with Crippen molar-refractivity contribution in [3.63, 3.8) is 0 Å². The first kappa shape index (κ1) is 24.2. The molecule has 13 heteroatoms. The lowest BCUT2D eigenvalue weighted by atomic mass is 9.92. The van der Waals surface area contributed by atoms with Crippen molar-refractivity contribution >= 4 is 44.8 Å². The first-order valence-electron chi connectivity index (χ1n) is 10.3. The number of hydrogen-bond donors (Lipinski definition) is 2. The van der Waals surface area contributed by atoms with Crippen molar-refractivity contribution in [2.24, 2.45) is 7.05 Å². The molecule has 0 saturated carbocycles. The smallest absolute Gasteiger partial charge is 0.329 e. The Morgan fingerprint density at radius 3 is 2.71 bits per heavy atom. The van der Waals surface area contributed by atoms with Gasteiger partial charge in [0.1, 0.15) is 5.83 Å². The van der Waals surface area contributed by atoms with Gasteiger partial charge in [-0.2, -0.15) is 18.6 Å². The highest BCUT2D eigenvalue weighted by molar-refractivity contribution is 7.90. The molecule has 1 aliphatic carbocycles. The standard InChI is InChI=1S/C21H21Cl2FN6O3S/c1-29-19(7-8-26-29)34(32,33)28-21(31)25-11-18(24)16-4-2-3-13-10-27-30(20(13)16)12-14-5-6-15(22)9-17(14)23/h5-10H,2-4,11-12H2,1H3,(H2,25,28,31). The monoisotopic (exact) mass is 526 g/mol. The van der Waals surface area contributed by atoms with Crippen LogP contribution in [-0.2, 0) is 30.0 Å². The van der Waals surface area contributed by atoms with Gasteiger partial charge in [0, 0.05) is 22.7 Å². The molecule has 0 bridgehead atoms. The number of carbonyl (C=O) groups is 1. The van der Waals surface area contributed by atoms with Crippen LogP contribution in [-0.4, -0.2) is 40.6 Å². The van der Waals surface area contributed by atoms with Crippen molar-refractivity contribution < 1.29 is 17.6 Å². The summed E-state index contributed by atoms with van der Waals surface area (Å²) in [5.74, 6) is -0.571. The van der Waals surface area contributed by atoms with Crippen LogP contribution in [0.1, 0.15) is 29.7 Å². The highest BCUT2D eigenvalue weighted by Crippen LogP contribution is 2.34. The van der Waals surface area contributed by atoms with Crippen molar-refractivity contribution in [2.75, 3.05) is 6.54 Å². The molecule has 0 saturated heterocycles. The molecule has 1 aromatic carbocycles. The van der Waals surface area contributed by atoms with Crippen molar-refractivity contribution in [3.05, 3.63) is 69.4 Å². The molecule has 3 aromatic rings. The summed E-state index contributed by atoms with van der Waals surface area (Å²) in [7, 11) is -2.72. The van der Waals surface area contributed by atoms with Crippen LogP contribution in [0.2, 0.25) is 10.0 Å². The van der Waals surface area contributed by atoms with Crippen LogP contribution in [0.25, 0.3) is 5.57 Å². The summed E-state index contributed by atoms with van der Waals surface area (Å²) in [6.07, 6.45) is 4.92. The van der Waals surface area contributed by atoms with E-state index in [0.717, 1.165) is 28.7 Å². The molecule has 0 spiro atoms. The Hall–Kier alpha value is -2.89. The quantitative estimate of drug-likeness (QED) is 0.508. The summed E-state index contributed by atoms with van der Waals surface area (Å²) >= 11 is 12.3. The highest BCUT2D eigenvalue weighted by atomic mass is 35.5. The number of amides is 2. The van der Waals surface area contributed by atoms with E-state index in [1.807, 2.05) is 4.72 Å². The van der Waals surface area contributed by atoms with Gasteiger partial charge in [-0.25, -0.2) is 13.9 Å². The average molecular weight is 527 g/mol. The lowest BCUT2D eigenvalue weighted by Crippen LogP contribution is -2.40. The number of aryl methyl sites for hydroxylation is 2. The predicted molar refractivity (Wildman–Crippen MR) is 126 cm³/mol. The number of nitrogens with one attached hydrogen (secondary N) is 2. The number of aromatic nitrogens is 4. The Kier molecular flexibility index (Phi) is 6.96. The van der Waals surface area contributed by atoms with E-state index in [1.165, 1.54) is 19.3 Å². The molecule has 2 aromatic heterocycles. The maximum Gasteiger partial charge on any atom is 0.329 e. The second-order valence-electron chi connectivity index (χ2n) is 7.73. The number of sulfonamides is 1. The molecule has 0 atom stereocenters. The average Bonchev–Trinajstić information content (AvgIpc) is 3.40. The minimum atomic E-state index is -4.14. The van der Waals surface area contributed by atoms with Gasteiger partial charge < -0.3 is 5.32 Å². The Bertz CT molecular complexity index is 1380. The molecule has 1 aliphatic rings. The summed E-state index contributed by atoms with van der Waals surface area (Å²) < 4.78 is 44.4. The van der Waals surface area contributed by atoms with Crippen LogP contribution >= 0.6 is 23.2 Å². The summed E-state index contributed by atoms with van der Waals surface area (Å²) in [6.45, 7) is -0.159. The summed E-state index contributed by atoms with van der Waals surface area (Å²) in [5, 5.41) is 11.2. The van der Waals surface area contributed by atoms with E-state index in [4.69, 9.17) is 23.2 Å². The van der Waals surface area contributed by atoms with Crippen LogP contribution in [0, 0.1) is 0 Å². The molecule has 4 rings (SSSR count). The fraction of sp³-hybridized carbons (Fsp3) is 0.286. The number of nitrogens with zero attached hydrogens (tertiary/aromatic N) is 4. The lowest BCUT2D eigenvalue weighted by molar-refractivity contribution is 0.246. The Balaban J connectivity index is 1.51. The van der Waals surface area contributed by atoms with E-state index < -0.39 is 28.4 Å². The molecule has 0 radical (unpaired) electrons. The maximum atomic E-state index is 15.2. The number of rotatable bonds is 6. The molecule has 0 unspecified atom stereocenters. The number of allylic oxidation sites excluding steroid dienone is 1.